The molecular formula is C9H6BrCl2F2N. The van der Waals surface area contributed by atoms with Crippen molar-refractivity contribution in [2.75, 3.05) is 11.9 Å². The summed E-state index contributed by atoms with van der Waals surface area (Å²) in [6, 6.07) is 2.31. The molecule has 1 rings (SSSR count). The molecule has 0 aliphatic heterocycles. The molecule has 0 amide bonds. The fourth-order valence-electron chi connectivity index (χ4n) is 0.922. The van der Waals surface area contributed by atoms with Crippen LogP contribution in [0.4, 0.5) is 14.5 Å². The maximum absolute atomic E-state index is 13.2. The summed E-state index contributed by atoms with van der Waals surface area (Å²) in [6.45, 7) is 0.0700. The minimum Gasteiger partial charge on any atom is -0.375 e. The third kappa shape index (κ3) is 3.63. The minimum atomic E-state index is -0.694. The van der Waals surface area contributed by atoms with Gasteiger partial charge in [-0.05, 0) is 12.1 Å². The van der Waals surface area contributed by atoms with Crippen LogP contribution in [0.3, 0.4) is 0 Å². The van der Waals surface area contributed by atoms with E-state index in [1.54, 1.807) is 0 Å². The van der Waals surface area contributed by atoms with Crippen molar-refractivity contribution in [3.63, 3.8) is 0 Å². The lowest BCUT2D eigenvalue weighted by atomic mass is 10.3. The smallest absolute Gasteiger partial charge is 0.150 e. The molecule has 6 heteroatoms. The Labute approximate surface area is 104 Å². The van der Waals surface area contributed by atoms with Crippen LogP contribution in [-0.4, -0.2) is 6.54 Å². The van der Waals surface area contributed by atoms with E-state index in [-0.39, 0.29) is 17.3 Å². The van der Waals surface area contributed by atoms with Gasteiger partial charge in [-0.25, -0.2) is 8.78 Å². The van der Waals surface area contributed by atoms with Crippen LogP contribution in [0.2, 0.25) is 0 Å². The summed E-state index contributed by atoms with van der Waals surface area (Å²) in [5.41, 5.74) is 0.901. The highest BCUT2D eigenvalue weighted by molar-refractivity contribution is 9.10. The number of hydrogen-bond acceptors (Lipinski definition) is 1. The number of nitrogens with one attached hydrogen (secondary N) is 1. The van der Waals surface area contributed by atoms with Gasteiger partial charge in [0.1, 0.15) is 17.3 Å². The third-order valence-corrected chi connectivity index (χ3v) is 2.63. The molecule has 0 heterocycles. The first-order chi connectivity index (χ1) is 7.04. The van der Waals surface area contributed by atoms with E-state index < -0.39 is 11.6 Å². The Morgan fingerprint density at radius 2 is 1.93 bits per heavy atom. The Balaban J connectivity index is 2.86. The van der Waals surface area contributed by atoms with Crippen molar-refractivity contribution >= 4 is 44.8 Å². The monoisotopic (exact) mass is 315 g/mol. The molecular weight excluding hydrogens is 311 g/mol. The molecule has 0 aromatic heterocycles. The van der Waals surface area contributed by atoms with E-state index in [9.17, 15) is 8.78 Å². The van der Waals surface area contributed by atoms with E-state index in [1.807, 2.05) is 0 Å². The quantitative estimate of drug-likeness (QED) is 0.868. The molecule has 0 aliphatic carbocycles. The van der Waals surface area contributed by atoms with Crippen LogP contribution in [0.25, 0.3) is 0 Å². The van der Waals surface area contributed by atoms with Gasteiger partial charge in [0, 0.05) is 15.0 Å². The summed E-state index contributed by atoms with van der Waals surface area (Å²) >= 11 is 13.8. The van der Waals surface area contributed by atoms with Crippen LogP contribution in [0.15, 0.2) is 27.2 Å². The van der Waals surface area contributed by atoms with Crippen LogP contribution in [0.5, 0.6) is 0 Å². The molecule has 0 saturated carbocycles. The van der Waals surface area contributed by atoms with Crippen LogP contribution in [0.1, 0.15) is 0 Å². The number of anilines is 1. The minimum absolute atomic E-state index is 0.0700. The highest BCUT2D eigenvalue weighted by Gasteiger charge is 2.09. The van der Waals surface area contributed by atoms with Crippen molar-refractivity contribution in [1.29, 1.82) is 0 Å². The molecule has 0 spiro atoms. The van der Waals surface area contributed by atoms with Gasteiger partial charge in [-0.2, -0.15) is 0 Å². The standard InChI is InChI=1S/C9H6BrCl2F2N/c10-5-1-7(13)9(8(14)2-5)15-4-6(12)3-11/h1-3,15H,4H2. The predicted molar refractivity (Wildman–Crippen MR) is 62.3 cm³/mol. The average molecular weight is 317 g/mol. The topological polar surface area (TPSA) is 12.0 Å². The Morgan fingerprint density at radius 3 is 2.40 bits per heavy atom. The number of hydrogen-bond donors (Lipinski definition) is 1. The second-order valence-electron chi connectivity index (χ2n) is 2.65. The number of benzene rings is 1. The molecule has 1 aromatic rings. The van der Waals surface area contributed by atoms with Gasteiger partial charge in [0.2, 0.25) is 0 Å². The van der Waals surface area contributed by atoms with Crippen LogP contribution >= 0.6 is 39.1 Å². The van der Waals surface area contributed by atoms with E-state index in [4.69, 9.17) is 23.2 Å². The highest BCUT2D eigenvalue weighted by Crippen LogP contribution is 2.24. The zero-order valence-electron chi connectivity index (χ0n) is 7.33. The Bertz CT molecular complexity index is 373. The lowest BCUT2D eigenvalue weighted by Crippen LogP contribution is -2.05. The molecule has 0 aliphatic rings. The van der Waals surface area contributed by atoms with E-state index >= 15 is 0 Å². The van der Waals surface area contributed by atoms with Gasteiger partial charge in [-0.15, -0.1) is 0 Å². The molecule has 1 aromatic carbocycles. The zero-order valence-corrected chi connectivity index (χ0v) is 10.4. The zero-order chi connectivity index (χ0) is 11.4. The predicted octanol–water partition coefficient (Wildman–Crippen LogP) is 4.46. The second-order valence-corrected chi connectivity index (χ2v) is 4.27. The van der Waals surface area contributed by atoms with Gasteiger partial charge in [0.25, 0.3) is 0 Å². The maximum atomic E-state index is 13.2. The third-order valence-electron chi connectivity index (χ3n) is 1.56. The van der Waals surface area contributed by atoms with E-state index in [0.29, 0.717) is 4.47 Å². The first kappa shape index (κ1) is 12.7. The Morgan fingerprint density at radius 1 is 1.40 bits per heavy atom. The molecule has 0 unspecified atom stereocenters. The lowest BCUT2D eigenvalue weighted by Gasteiger charge is -2.08. The van der Waals surface area contributed by atoms with Crippen molar-refractivity contribution in [2.45, 2.75) is 0 Å². The summed E-state index contributed by atoms with van der Waals surface area (Å²) in [6.07, 6.45) is 0. The van der Waals surface area contributed by atoms with Crippen LogP contribution in [0, 0.1) is 11.6 Å². The van der Waals surface area contributed by atoms with Crippen molar-refractivity contribution < 1.29 is 8.78 Å². The summed E-state index contributed by atoms with van der Waals surface area (Å²) in [5.74, 6) is -1.39. The largest absolute Gasteiger partial charge is 0.375 e. The van der Waals surface area contributed by atoms with Gasteiger partial charge in [0.15, 0.2) is 0 Å². The highest BCUT2D eigenvalue weighted by atomic mass is 79.9. The van der Waals surface area contributed by atoms with Crippen LogP contribution in [-0.2, 0) is 0 Å². The molecule has 15 heavy (non-hydrogen) atoms. The van der Waals surface area contributed by atoms with Gasteiger partial charge < -0.3 is 5.32 Å². The van der Waals surface area contributed by atoms with Crippen LogP contribution < -0.4 is 5.32 Å². The van der Waals surface area contributed by atoms with Crippen molar-refractivity contribution in [2.24, 2.45) is 0 Å². The summed E-state index contributed by atoms with van der Waals surface area (Å²) < 4.78 is 26.8. The maximum Gasteiger partial charge on any atom is 0.150 e. The van der Waals surface area contributed by atoms with Gasteiger partial charge >= 0.3 is 0 Å². The van der Waals surface area contributed by atoms with Gasteiger partial charge in [-0.3, -0.25) is 0 Å². The fraction of sp³-hybridized carbons (Fsp3) is 0.111. The Hall–Kier alpha value is -0.320. The van der Waals surface area contributed by atoms with Gasteiger partial charge in [-0.1, -0.05) is 39.1 Å². The SMILES string of the molecule is Fc1cc(Br)cc(F)c1NCC(Cl)=CCl. The molecule has 0 fully saturated rings. The van der Waals surface area contributed by atoms with Crippen molar-refractivity contribution in [3.8, 4) is 0 Å². The summed E-state index contributed by atoms with van der Waals surface area (Å²) in [5, 5.41) is 2.77. The number of halogens is 5. The second kappa shape index (κ2) is 5.68. The molecule has 0 atom stereocenters. The molecule has 0 bridgehead atoms. The summed E-state index contributed by atoms with van der Waals surface area (Å²) in [7, 11) is 0. The first-order valence-electron chi connectivity index (χ1n) is 3.87. The van der Waals surface area contributed by atoms with E-state index in [1.165, 1.54) is 0 Å². The molecule has 0 radical (unpaired) electrons. The van der Waals surface area contributed by atoms with Crippen molar-refractivity contribution in [1.82, 2.24) is 0 Å². The van der Waals surface area contributed by atoms with Crippen molar-refractivity contribution in [3.05, 3.63) is 38.8 Å². The molecule has 82 valence electrons. The number of rotatable bonds is 3. The Kier molecular flexibility index (Phi) is 4.83. The van der Waals surface area contributed by atoms with E-state index in [2.05, 4.69) is 21.2 Å². The average Bonchev–Trinajstić information content (AvgIpc) is 2.15. The molecule has 0 saturated heterocycles. The molecule has 1 N–H and O–H groups in total. The fourth-order valence-corrected chi connectivity index (χ4v) is 1.47. The molecule has 1 nitrogen and oxygen atoms in total. The van der Waals surface area contributed by atoms with E-state index in [0.717, 1.165) is 17.7 Å². The lowest BCUT2D eigenvalue weighted by molar-refractivity contribution is 0.587. The normalized spacial score (nSPS) is 11.7. The van der Waals surface area contributed by atoms with Gasteiger partial charge in [0.05, 0.1) is 6.54 Å². The summed E-state index contributed by atoms with van der Waals surface area (Å²) in [4.78, 5) is 0. The first-order valence-corrected chi connectivity index (χ1v) is 5.48.